The van der Waals surface area contributed by atoms with Crippen molar-refractivity contribution in [3.8, 4) is 0 Å². The predicted octanol–water partition coefficient (Wildman–Crippen LogP) is 5.31. The van der Waals surface area contributed by atoms with Gasteiger partial charge in [-0.3, -0.25) is 0 Å². The third kappa shape index (κ3) is 4.01. The van der Waals surface area contributed by atoms with Gasteiger partial charge in [-0.05, 0) is 29.8 Å². The standard InChI is InChI=1S/C17H11F7O/c18-12-7-5-11(6-8-12)9-10-15(25,17(22,23)24)13-3-1-2-4-14(13)16(19,20)21/h1-10,25H. The Balaban J connectivity index is 2.59. The third-order valence-corrected chi connectivity index (χ3v) is 3.46. The van der Waals surface area contributed by atoms with Gasteiger partial charge in [0.05, 0.1) is 5.56 Å². The first kappa shape index (κ1) is 19.0. The highest BCUT2D eigenvalue weighted by Crippen LogP contribution is 2.45. The quantitative estimate of drug-likeness (QED) is 0.732. The fourth-order valence-corrected chi connectivity index (χ4v) is 2.19. The molecule has 0 aliphatic rings. The lowest BCUT2D eigenvalue weighted by molar-refractivity contribution is -0.246. The molecule has 0 saturated heterocycles. The fraction of sp³-hybridized carbons (Fsp3) is 0.176. The van der Waals surface area contributed by atoms with Crippen LogP contribution in [0, 0.1) is 5.82 Å². The number of halogens is 7. The van der Waals surface area contributed by atoms with Crippen LogP contribution in [-0.4, -0.2) is 11.3 Å². The Labute approximate surface area is 138 Å². The van der Waals surface area contributed by atoms with E-state index in [9.17, 15) is 35.8 Å². The summed E-state index contributed by atoms with van der Waals surface area (Å²) in [6.07, 6.45) is -9.50. The zero-order chi connectivity index (χ0) is 18.9. The normalized spacial score (nSPS) is 15.4. The summed E-state index contributed by atoms with van der Waals surface area (Å²) in [6, 6.07) is 7.09. The van der Waals surface area contributed by atoms with Crippen molar-refractivity contribution < 1.29 is 35.8 Å². The van der Waals surface area contributed by atoms with Crippen molar-refractivity contribution in [2.45, 2.75) is 18.0 Å². The first-order valence-corrected chi connectivity index (χ1v) is 6.86. The number of alkyl halides is 6. The molecule has 0 saturated carbocycles. The van der Waals surface area contributed by atoms with Gasteiger partial charge in [0.1, 0.15) is 5.82 Å². The molecule has 1 unspecified atom stereocenters. The summed E-state index contributed by atoms with van der Waals surface area (Å²) in [6.45, 7) is 0. The summed E-state index contributed by atoms with van der Waals surface area (Å²) in [5.41, 5.74) is -6.73. The molecule has 1 nitrogen and oxygen atoms in total. The largest absolute Gasteiger partial charge is 0.425 e. The van der Waals surface area contributed by atoms with Crippen LogP contribution in [0.1, 0.15) is 16.7 Å². The number of hydrogen-bond acceptors (Lipinski definition) is 1. The molecule has 0 fully saturated rings. The number of benzene rings is 2. The van der Waals surface area contributed by atoms with Gasteiger partial charge >= 0.3 is 12.4 Å². The highest BCUT2D eigenvalue weighted by molar-refractivity contribution is 5.53. The van der Waals surface area contributed by atoms with Crippen LogP contribution in [0.15, 0.2) is 54.6 Å². The van der Waals surface area contributed by atoms with Gasteiger partial charge < -0.3 is 5.11 Å². The summed E-state index contributed by atoms with van der Waals surface area (Å²) in [4.78, 5) is 0. The van der Waals surface area contributed by atoms with E-state index in [1.807, 2.05) is 0 Å². The Morgan fingerprint density at radius 1 is 0.760 bits per heavy atom. The average molecular weight is 364 g/mol. The van der Waals surface area contributed by atoms with Crippen LogP contribution in [0.25, 0.3) is 6.08 Å². The smallest absolute Gasteiger partial charge is 0.373 e. The Hall–Kier alpha value is -2.35. The Morgan fingerprint density at radius 3 is 1.76 bits per heavy atom. The van der Waals surface area contributed by atoms with Crippen LogP contribution < -0.4 is 0 Å². The van der Waals surface area contributed by atoms with Crippen molar-refractivity contribution in [3.63, 3.8) is 0 Å². The van der Waals surface area contributed by atoms with Crippen molar-refractivity contribution in [1.29, 1.82) is 0 Å². The lowest BCUT2D eigenvalue weighted by Gasteiger charge is -2.30. The van der Waals surface area contributed by atoms with Gasteiger partial charge in [0.15, 0.2) is 0 Å². The van der Waals surface area contributed by atoms with E-state index in [1.165, 1.54) is 0 Å². The molecule has 0 spiro atoms. The van der Waals surface area contributed by atoms with Crippen molar-refractivity contribution in [3.05, 3.63) is 77.1 Å². The van der Waals surface area contributed by atoms with E-state index >= 15 is 0 Å². The van der Waals surface area contributed by atoms with Crippen molar-refractivity contribution in [1.82, 2.24) is 0 Å². The summed E-state index contributed by atoms with van der Waals surface area (Å²) >= 11 is 0. The topological polar surface area (TPSA) is 20.2 Å². The molecule has 25 heavy (non-hydrogen) atoms. The van der Waals surface area contributed by atoms with Crippen LogP contribution in [0.5, 0.6) is 0 Å². The maximum Gasteiger partial charge on any atom is 0.425 e. The molecule has 134 valence electrons. The number of hydrogen-bond donors (Lipinski definition) is 1. The molecule has 2 rings (SSSR count). The fourth-order valence-electron chi connectivity index (χ4n) is 2.19. The molecular weight excluding hydrogens is 353 g/mol. The van der Waals surface area contributed by atoms with Crippen molar-refractivity contribution in [2.75, 3.05) is 0 Å². The maximum absolute atomic E-state index is 13.4. The zero-order valence-electron chi connectivity index (χ0n) is 12.4. The molecule has 2 aromatic rings. The summed E-state index contributed by atoms with van der Waals surface area (Å²) in [5.74, 6) is -0.634. The molecule has 1 N–H and O–H groups in total. The lowest BCUT2D eigenvalue weighted by atomic mass is 9.88. The average Bonchev–Trinajstić information content (AvgIpc) is 2.52. The van der Waals surface area contributed by atoms with Gasteiger partial charge in [-0.2, -0.15) is 26.3 Å². The van der Waals surface area contributed by atoms with Crippen molar-refractivity contribution in [2.24, 2.45) is 0 Å². The van der Waals surface area contributed by atoms with Gasteiger partial charge in [-0.1, -0.05) is 36.4 Å². The molecule has 8 heteroatoms. The van der Waals surface area contributed by atoms with Gasteiger partial charge in [-0.15, -0.1) is 0 Å². The van der Waals surface area contributed by atoms with Crippen LogP contribution in [-0.2, 0) is 11.8 Å². The summed E-state index contributed by atoms with van der Waals surface area (Å²) < 4.78 is 92.1. The number of aliphatic hydroxyl groups is 1. The van der Waals surface area contributed by atoms with E-state index in [0.29, 0.717) is 12.1 Å². The summed E-state index contributed by atoms with van der Waals surface area (Å²) in [5, 5.41) is 10.1. The first-order chi connectivity index (χ1) is 11.4. The van der Waals surface area contributed by atoms with Crippen LogP contribution in [0.2, 0.25) is 0 Å². The second-order valence-electron chi connectivity index (χ2n) is 5.19. The molecule has 0 heterocycles. The van der Waals surface area contributed by atoms with Crippen LogP contribution >= 0.6 is 0 Å². The monoisotopic (exact) mass is 364 g/mol. The molecular formula is C17H11F7O. The molecule has 0 aliphatic carbocycles. The van der Waals surface area contributed by atoms with E-state index in [1.54, 1.807) is 0 Å². The van der Waals surface area contributed by atoms with E-state index in [4.69, 9.17) is 0 Å². The molecule has 0 aliphatic heterocycles. The second kappa shape index (κ2) is 6.51. The molecule has 0 amide bonds. The van der Waals surface area contributed by atoms with Gasteiger partial charge in [0.2, 0.25) is 5.60 Å². The lowest BCUT2D eigenvalue weighted by Crippen LogP contribution is -2.42. The molecule has 1 atom stereocenters. The molecule has 2 aromatic carbocycles. The minimum Gasteiger partial charge on any atom is -0.373 e. The Bertz CT molecular complexity index is 760. The molecule has 0 bridgehead atoms. The molecule has 0 aromatic heterocycles. The van der Waals surface area contributed by atoms with E-state index < -0.39 is 34.9 Å². The minimum absolute atomic E-state index is 0.0774. The Morgan fingerprint density at radius 2 is 1.28 bits per heavy atom. The van der Waals surface area contributed by atoms with Gasteiger partial charge in [0, 0.05) is 5.56 Å². The van der Waals surface area contributed by atoms with E-state index in [2.05, 4.69) is 0 Å². The minimum atomic E-state index is -5.41. The van der Waals surface area contributed by atoms with Gasteiger partial charge in [0.25, 0.3) is 0 Å². The van der Waals surface area contributed by atoms with Crippen molar-refractivity contribution >= 4 is 6.08 Å². The van der Waals surface area contributed by atoms with E-state index in [-0.39, 0.29) is 11.6 Å². The van der Waals surface area contributed by atoms with Crippen LogP contribution in [0.4, 0.5) is 30.7 Å². The predicted molar refractivity (Wildman–Crippen MR) is 76.8 cm³/mol. The summed E-state index contributed by atoms with van der Waals surface area (Å²) in [7, 11) is 0. The second-order valence-corrected chi connectivity index (χ2v) is 5.19. The van der Waals surface area contributed by atoms with E-state index in [0.717, 1.165) is 42.5 Å². The maximum atomic E-state index is 13.4. The highest BCUT2D eigenvalue weighted by atomic mass is 19.4. The van der Waals surface area contributed by atoms with Crippen LogP contribution in [0.3, 0.4) is 0 Å². The zero-order valence-corrected chi connectivity index (χ0v) is 12.4. The van der Waals surface area contributed by atoms with Gasteiger partial charge in [-0.25, -0.2) is 4.39 Å². The molecule has 0 radical (unpaired) electrons. The number of rotatable bonds is 3. The highest BCUT2D eigenvalue weighted by Gasteiger charge is 2.56. The SMILES string of the molecule is OC(C=Cc1ccc(F)cc1)(c1ccccc1C(F)(F)F)C(F)(F)F. The third-order valence-electron chi connectivity index (χ3n) is 3.46. The first-order valence-electron chi connectivity index (χ1n) is 6.86. The Kier molecular flexibility index (Phi) is 4.94.